The Morgan fingerprint density at radius 3 is 3.05 bits per heavy atom. The van der Waals surface area contributed by atoms with Crippen molar-refractivity contribution in [2.45, 2.75) is 25.4 Å². The molecule has 1 aliphatic heterocycles. The Balaban J connectivity index is 1.80. The van der Waals surface area contributed by atoms with Gasteiger partial charge in [0.25, 0.3) is 0 Å². The molecule has 20 heavy (non-hydrogen) atoms. The Labute approximate surface area is 124 Å². The second kappa shape index (κ2) is 6.08. The second-order valence-corrected chi connectivity index (χ2v) is 5.80. The molecule has 0 aliphatic carbocycles. The standard InChI is InChI=1S/C16H19ClN2O/c1-20-11-15-3-2-8-19(15)10-14-7-5-12-4-6-13(17)9-16(12)18-14/h4-7,9,15H,2-3,8,10-11H2,1H3. The van der Waals surface area contributed by atoms with E-state index in [0.717, 1.165) is 41.3 Å². The van der Waals surface area contributed by atoms with Gasteiger partial charge in [-0.3, -0.25) is 9.88 Å². The first-order chi connectivity index (χ1) is 9.76. The number of rotatable bonds is 4. The number of hydrogen-bond donors (Lipinski definition) is 0. The summed E-state index contributed by atoms with van der Waals surface area (Å²) in [5, 5.41) is 1.87. The third-order valence-corrected chi connectivity index (χ3v) is 4.17. The Morgan fingerprint density at radius 2 is 2.20 bits per heavy atom. The number of nitrogens with zero attached hydrogens (tertiary/aromatic N) is 2. The fourth-order valence-electron chi connectivity index (χ4n) is 2.91. The molecule has 1 unspecified atom stereocenters. The molecule has 1 atom stereocenters. The van der Waals surface area contributed by atoms with Crippen LogP contribution in [0.15, 0.2) is 30.3 Å². The van der Waals surface area contributed by atoms with E-state index in [1.807, 2.05) is 18.2 Å². The molecule has 1 aliphatic rings. The normalized spacial score (nSPS) is 19.8. The third-order valence-electron chi connectivity index (χ3n) is 3.94. The maximum atomic E-state index is 6.04. The fourth-order valence-corrected chi connectivity index (χ4v) is 3.08. The molecule has 0 N–H and O–H groups in total. The minimum atomic E-state index is 0.525. The van der Waals surface area contributed by atoms with Crippen molar-refractivity contribution in [3.8, 4) is 0 Å². The van der Waals surface area contributed by atoms with Crippen LogP contribution in [0.4, 0.5) is 0 Å². The molecule has 1 aromatic heterocycles. The summed E-state index contributed by atoms with van der Waals surface area (Å²) in [6.07, 6.45) is 2.46. The van der Waals surface area contributed by atoms with E-state index >= 15 is 0 Å². The average Bonchev–Trinajstić information content (AvgIpc) is 2.86. The molecule has 106 valence electrons. The molecular formula is C16H19ClN2O. The van der Waals surface area contributed by atoms with Gasteiger partial charge in [-0.15, -0.1) is 0 Å². The second-order valence-electron chi connectivity index (χ2n) is 5.36. The third kappa shape index (κ3) is 2.95. The molecular weight excluding hydrogens is 272 g/mol. The number of hydrogen-bond acceptors (Lipinski definition) is 3. The van der Waals surface area contributed by atoms with Crippen molar-refractivity contribution in [2.75, 3.05) is 20.3 Å². The van der Waals surface area contributed by atoms with Crippen molar-refractivity contribution in [1.82, 2.24) is 9.88 Å². The van der Waals surface area contributed by atoms with Gasteiger partial charge in [-0.05, 0) is 37.6 Å². The minimum absolute atomic E-state index is 0.525. The fraction of sp³-hybridized carbons (Fsp3) is 0.438. The summed E-state index contributed by atoms with van der Waals surface area (Å²) >= 11 is 6.04. The van der Waals surface area contributed by atoms with Crippen molar-refractivity contribution in [3.05, 3.63) is 41.0 Å². The van der Waals surface area contributed by atoms with Gasteiger partial charge in [0.05, 0.1) is 17.8 Å². The highest BCUT2D eigenvalue weighted by Gasteiger charge is 2.24. The van der Waals surface area contributed by atoms with E-state index in [0.29, 0.717) is 6.04 Å². The van der Waals surface area contributed by atoms with E-state index in [1.54, 1.807) is 7.11 Å². The first-order valence-electron chi connectivity index (χ1n) is 7.04. The topological polar surface area (TPSA) is 25.4 Å². The summed E-state index contributed by atoms with van der Waals surface area (Å²) in [6, 6.07) is 10.6. The van der Waals surface area contributed by atoms with E-state index in [1.165, 1.54) is 12.8 Å². The van der Waals surface area contributed by atoms with Crippen molar-refractivity contribution < 1.29 is 4.74 Å². The monoisotopic (exact) mass is 290 g/mol. The van der Waals surface area contributed by atoms with Gasteiger partial charge < -0.3 is 4.74 Å². The number of likely N-dealkylation sites (tertiary alicyclic amines) is 1. The first-order valence-corrected chi connectivity index (χ1v) is 7.42. The van der Waals surface area contributed by atoms with Gasteiger partial charge in [-0.25, -0.2) is 0 Å². The maximum Gasteiger partial charge on any atom is 0.0720 e. The van der Waals surface area contributed by atoms with Crippen LogP contribution in [-0.4, -0.2) is 36.2 Å². The van der Waals surface area contributed by atoms with Crippen LogP contribution < -0.4 is 0 Å². The molecule has 0 amide bonds. The number of benzene rings is 1. The largest absolute Gasteiger partial charge is 0.383 e. The highest BCUT2D eigenvalue weighted by atomic mass is 35.5. The summed E-state index contributed by atoms with van der Waals surface area (Å²) in [5.74, 6) is 0. The maximum absolute atomic E-state index is 6.04. The van der Waals surface area contributed by atoms with Gasteiger partial charge in [-0.1, -0.05) is 23.7 Å². The lowest BCUT2D eigenvalue weighted by Gasteiger charge is -2.23. The zero-order valence-electron chi connectivity index (χ0n) is 11.7. The molecule has 1 saturated heterocycles. The molecule has 2 aromatic rings. The van der Waals surface area contributed by atoms with Gasteiger partial charge in [0.15, 0.2) is 0 Å². The minimum Gasteiger partial charge on any atom is -0.383 e. The van der Waals surface area contributed by atoms with E-state index in [9.17, 15) is 0 Å². The van der Waals surface area contributed by atoms with Gasteiger partial charge in [0, 0.05) is 30.1 Å². The number of fused-ring (bicyclic) bond motifs is 1. The van der Waals surface area contributed by atoms with Gasteiger partial charge >= 0.3 is 0 Å². The number of aromatic nitrogens is 1. The predicted molar refractivity (Wildman–Crippen MR) is 82.1 cm³/mol. The highest BCUT2D eigenvalue weighted by Crippen LogP contribution is 2.22. The molecule has 0 radical (unpaired) electrons. The van der Waals surface area contributed by atoms with Crippen LogP contribution in [0.5, 0.6) is 0 Å². The number of ether oxygens (including phenoxy) is 1. The Kier molecular flexibility index (Phi) is 4.20. The van der Waals surface area contributed by atoms with Crippen LogP contribution >= 0.6 is 11.6 Å². The molecule has 2 heterocycles. The number of halogens is 1. The van der Waals surface area contributed by atoms with Crippen LogP contribution in [0.1, 0.15) is 18.5 Å². The van der Waals surface area contributed by atoms with Crippen molar-refractivity contribution >= 4 is 22.5 Å². The van der Waals surface area contributed by atoms with E-state index in [4.69, 9.17) is 21.3 Å². The zero-order valence-corrected chi connectivity index (χ0v) is 12.4. The Hall–Kier alpha value is -1.16. The molecule has 4 heteroatoms. The van der Waals surface area contributed by atoms with Crippen LogP contribution in [0.2, 0.25) is 5.02 Å². The molecule has 3 rings (SSSR count). The number of methoxy groups -OCH3 is 1. The molecule has 3 nitrogen and oxygen atoms in total. The SMILES string of the molecule is COCC1CCCN1Cc1ccc2ccc(Cl)cc2n1. The Morgan fingerprint density at radius 1 is 1.35 bits per heavy atom. The van der Waals surface area contributed by atoms with Crippen LogP contribution in [0, 0.1) is 0 Å². The first kappa shape index (κ1) is 13.8. The summed E-state index contributed by atoms with van der Waals surface area (Å²) < 4.78 is 5.30. The van der Waals surface area contributed by atoms with Crippen LogP contribution in [-0.2, 0) is 11.3 Å². The van der Waals surface area contributed by atoms with Crippen molar-refractivity contribution in [2.24, 2.45) is 0 Å². The smallest absolute Gasteiger partial charge is 0.0720 e. The molecule has 0 spiro atoms. The van der Waals surface area contributed by atoms with Crippen molar-refractivity contribution in [3.63, 3.8) is 0 Å². The van der Waals surface area contributed by atoms with E-state index < -0.39 is 0 Å². The van der Waals surface area contributed by atoms with E-state index in [2.05, 4.69) is 17.0 Å². The molecule has 0 saturated carbocycles. The Bertz CT molecular complexity index is 602. The van der Waals surface area contributed by atoms with Gasteiger partial charge in [-0.2, -0.15) is 0 Å². The zero-order chi connectivity index (χ0) is 13.9. The summed E-state index contributed by atoms with van der Waals surface area (Å²) in [7, 11) is 1.77. The molecule has 1 fully saturated rings. The van der Waals surface area contributed by atoms with Crippen molar-refractivity contribution in [1.29, 1.82) is 0 Å². The molecule has 0 bridgehead atoms. The molecule has 1 aromatic carbocycles. The summed E-state index contributed by atoms with van der Waals surface area (Å²) in [6.45, 7) is 2.82. The lowest BCUT2D eigenvalue weighted by molar-refractivity contribution is 0.111. The van der Waals surface area contributed by atoms with Crippen LogP contribution in [0.25, 0.3) is 10.9 Å². The van der Waals surface area contributed by atoms with Gasteiger partial charge in [0.2, 0.25) is 0 Å². The highest BCUT2D eigenvalue weighted by molar-refractivity contribution is 6.31. The summed E-state index contributed by atoms with van der Waals surface area (Å²) in [5.41, 5.74) is 2.07. The number of pyridine rings is 1. The predicted octanol–water partition coefficient (Wildman–Crippen LogP) is 3.50. The summed E-state index contributed by atoms with van der Waals surface area (Å²) in [4.78, 5) is 7.19. The lowest BCUT2D eigenvalue weighted by Crippen LogP contribution is -2.32. The quantitative estimate of drug-likeness (QED) is 0.862. The average molecular weight is 291 g/mol. The lowest BCUT2D eigenvalue weighted by atomic mass is 10.2. The van der Waals surface area contributed by atoms with E-state index in [-0.39, 0.29) is 0 Å². The van der Waals surface area contributed by atoms with Gasteiger partial charge in [0.1, 0.15) is 0 Å². The van der Waals surface area contributed by atoms with Crippen LogP contribution in [0.3, 0.4) is 0 Å².